The summed E-state index contributed by atoms with van der Waals surface area (Å²) in [4.78, 5) is 20.3. The van der Waals surface area contributed by atoms with Crippen molar-refractivity contribution in [1.82, 2.24) is 15.3 Å². The molecule has 5 heteroatoms. The molecule has 31 heavy (non-hydrogen) atoms. The normalized spacial score (nSPS) is 14.6. The lowest BCUT2D eigenvalue weighted by Crippen LogP contribution is -2.34. The largest absolute Gasteiger partial charge is 0.342 e. The zero-order valence-corrected chi connectivity index (χ0v) is 17.6. The predicted molar refractivity (Wildman–Crippen MR) is 126 cm³/mol. The molecule has 4 aromatic rings. The van der Waals surface area contributed by atoms with E-state index in [-0.39, 0.29) is 11.8 Å². The van der Waals surface area contributed by atoms with Gasteiger partial charge in [-0.25, -0.2) is 4.98 Å². The molecule has 2 heterocycles. The van der Waals surface area contributed by atoms with Crippen LogP contribution in [-0.2, 0) is 4.79 Å². The molecule has 1 aliphatic heterocycles. The molecule has 3 N–H and O–H groups in total. The topological polar surface area (TPSA) is 69.8 Å². The van der Waals surface area contributed by atoms with Gasteiger partial charge in [0.2, 0.25) is 5.91 Å². The molecule has 1 fully saturated rings. The molecule has 1 aromatic heterocycles. The number of imidazole rings is 1. The Kier molecular flexibility index (Phi) is 5.26. The lowest BCUT2D eigenvalue weighted by atomic mass is 9.97. The van der Waals surface area contributed by atoms with E-state index in [9.17, 15) is 4.79 Å². The van der Waals surface area contributed by atoms with Crippen molar-refractivity contribution in [3.63, 3.8) is 0 Å². The maximum Gasteiger partial charge on any atom is 0.227 e. The fourth-order valence-electron chi connectivity index (χ4n) is 4.28. The Labute approximate surface area is 181 Å². The first-order valence-electron chi connectivity index (χ1n) is 10.8. The smallest absolute Gasteiger partial charge is 0.227 e. The lowest BCUT2D eigenvalue weighted by Gasteiger charge is -2.21. The Morgan fingerprint density at radius 2 is 1.58 bits per heavy atom. The summed E-state index contributed by atoms with van der Waals surface area (Å²) in [7, 11) is 0. The molecule has 0 bridgehead atoms. The summed E-state index contributed by atoms with van der Waals surface area (Å²) in [6, 6.07) is 22.9. The van der Waals surface area contributed by atoms with Crippen molar-refractivity contribution < 1.29 is 4.79 Å². The molecule has 5 nitrogen and oxygen atoms in total. The minimum Gasteiger partial charge on any atom is -0.342 e. The zero-order chi connectivity index (χ0) is 21.2. The number of rotatable bonds is 4. The van der Waals surface area contributed by atoms with Crippen LogP contribution in [0.25, 0.3) is 33.3 Å². The van der Waals surface area contributed by atoms with Crippen LogP contribution in [0.3, 0.4) is 0 Å². The van der Waals surface area contributed by atoms with Gasteiger partial charge in [-0.05, 0) is 79.4 Å². The number of nitrogens with zero attached hydrogens (tertiary/aromatic N) is 1. The molecule has 1 aliphatic rings. The third-order valence-electron chi connectivity index (χ3n) is 5.99. The first-order chi connectivity index (χ1) is 15.2. The molecule has 1 saturated heterocycles. The molecule has 0 unspecified atom stereocenters. The third kappa shape index (κ3) is 4.23. The zero-order valence-electron chi connectivity index (χ0n) is 17.6. The van der Waals surface area contributed by atoms with Crippen LogP contribution in [0.5, 0.6) is 0 Å². The Morgan fingerprint density at radius 3 is 2.32 bits per heavy atom. The van der Waals surface area contributed by atoms with Crippen molar-refractivity contribution in [3.8, 4) is 22.3 Å². The van der Waals surface area contributed by atoms with Crippen molar-refractivity contribution in [3.05, 3.63) is 72.6 Å². The van der Waals surface area contributed by atoms with Gasteiger partial charge >= 0.3 is 0 Å². The van der Waals surface area contributed by atoms with Gasteiger partial charge in [-0.2, -0.15) is 0 Å². The Bertz CT molecular complexity index is 1220. The molecule has 1 amide bonds. The molecule has 0 radical (unpaired) electrons. The average molecular weight is 411 g/mol. The maximum atomic E-state index is 12.6. The highest BCUT2D eigenvalue weighted by atomic mass is 16.1. The Hall–Kier alpha value is -3.44. The summed E-state index contributed by atoms with van der Waals surface area (Å²) in [5.74, 6) is 1.15. The van der Waals surface area contributed by atoms with Crippen molar-refractivity contribution in [2.24, 2.45) is 5.92 Å². The standard InChI is InChI=1S/C26H26N4O/c1-17-28-24-10-9-22(16-25(24)29-17)19-7-5-18(6-8-19)21-3-2-4-23(15-21)30-26(31)20-11-13-27-14-12-20/h2-10,15-16,20,27H,11-14H2,1H3,(H,28,29)(H,30,31). The average Bonchev–Trinajstić information content (AvgIpc) is 3.19. The third-order valence-corrected chi connectivity index (χ3v) is 5.99. The highest BCUT2D eigenvalue weighted by Crippen LogP contribution is 2.28. The summed E-state index contributed by atoms with van der Waals surface area (Å²) in [6.07, 6.45) is 1.80. The van der Waals surface area contributed by atoms with Gasteiger partial charge in [-0.15, -0.1) is 0 Å². The highest BCUT2D eigenvalue weighted by Gasteiger charge is 2.20. The monoisotopic (exact) mass is 410 g/mol. The predicted octanol–water partition coefficient (Wildman–Crippen LogP) is 5.14. The minimum atomic E-state index is 0.0974. The highest BCUT2D eigenvalue weighted by molar-refractivity contribution is 5.93. The number of anilines is 1. The van der Waals surface area contributed by atoms with Gasteiger partial charge < -0.3 is 15.6 Å². The quantitative estimate of drug-likeness (QED) is 0.436. The number of aryl methyl sites for hydroxylation is 1. The van der Waals surface area contributed by atoms with E-state index in [4.69, 9.17) is 0 Å². The van der Waals surface area contributed by atoms with Gasteiger partial charge in [0.15, 0.2) is 0 Å². The number of carbonyl (C=O) groups is 1. The number of nitrogens with one attached hydrogen (secondary N) is 3. The summed E-state index contributed by atoms with van der Waals surface area (Å²) < 4.78 is 0. The number of carbonyl (C=O) groups excluding carboxylic acids is 1. The van der Waals surface area contributed by atoms with Crippen LogP contribution >= 0.6 is 0 Å². The molecule has 0 atom stereocenters. The van der Waals surface area contributed by atoms with Crippen LogP contribution in [0, 0.1) is 12.8 Å². The molecule has 0 aliphatic carbocycles. The second-order valence-electron chi connectivity index (χ2n) is 8.23. The lowest BCUT2D eigenvalue weighted by molar-refractivity contribution is -0.120. The number of amides is 1. The van der Waals surface area contributed by atoms with Gasteiger partial charge in [0.05, 0.1) is 11.0 Å². The molecule has 0 spiro atoms. The van der Waals surface area contributed by atoms with Crippen LogP contribution < -0.4 is 10.6 Å². The molecule has 0 saturated carbocycles. The van der Waals surface area contributed by atoms with Gasteiger partial charge in [0, 0.05) is 11.6 Å². The summed E-state index contributed by atoms with van der Waals surface area (Å²) in [6.45, 7) is 3.80. The molecule has 156 valence electrons. The van der Waals surface area contributed by atoms with Crippen LogP contribution in [-0.4, -0.2) is 29.0 Å². The van der Waals surface area contributed by atoms with Crippen molar-refractivity contribution >= 4 is 22.6 Å². The van der Waals surface area contributed by atoms with E-state index in [0.717, 1.165) is 70.7 Å². The molecule has 5 rings (SSSR count). The fraction of sp³-hybridized carbons (Fsp3) is 0.231. The van der Waals surface area contributed by atoms with E-state index in [2.05, 4.69) is 69.1 Å². The van der Waals surface area contributed by atoms with E-state index < -0.39 is 0 Å². The van der Waals surface area contributed by atoms with Crippen LogP contribution in [0.1, 0.15) is 18.7 Å². The first-order valence-corrected chi connectivity index (χ1v) is 10.8. The van der Waals surface area contributed by atoms with Gasteiger partial charge in [-0.3, -0.25) is 4.79 Å². The minimum absolute atomic E-state index is 0.0974. The molecular weight excluding hydrogens is 384 g/mol. The number of fused-ring (bicyclic) bond motifs is 1. The summed E-state index contributed by atoms with van der Waals surface area (Å²) in [5, 5.41) is 6.41. The van der Waals surface area contributed by atoms with E-state index in [1.807, 2.05) is 25.1 Å². The summed E-state index contributed by atoms with van der Waals surface area (Å²) >= 11 is 0. The first kappa shape index (κ1) is 19.5. The van der Waals surface area contributed by atoms with Crippen LogP contribution in [0.2, 0.25) is 0 Å². The van der Waals surface area contributed by atoms with E-state index in [1.54, 1.807) is 0 Å². The van der Waals surface area contributed by atoms with E-state index in [1.165, 1.54) is 0 Å². The number of H-pyrrole nitrogens is 1. The molecular formula is C26H26N4O. The number of hydrogen-bond acceptors (Lipinski definition) is 3. The fourth-order valence-corrected chi connectivity index (χ4v) is 4.28. The van der Waals surface area contributed by atoms with Gasteiger partial charge in [0.25, 0.3) is 0 Å². The second-order valence-corrected chi connectivity index (χ2v) is 8.23. The number of piperidine rings is 1. The van der Waals surface area contributed by atoms with E-state index >= 15 is 0 Å². The van der Waals surface area contributed by atoms with Gasteiger partial charge in [0.1, 0.15) is 5.82 Å². The van der Waals surface area contributed by atoms with Crippen molar-refractivity contribution in [2.75, 3.05) is 18.4 Å². The maximum absolute atomic E-state index is 12.6. The van der Waals surface area contributed by atoms with Crippen LogP contribution in [0.4, 0.5) is 5.69 Å². The number of aromatic nitrogens is 2. The number of benzene rings is 3. The summed E-state index contributed by atoms with van der Waals surface area (Å²) in [5.41, 5.74) is 7.43. The number of aromatic amines is 1. The van der Waals surface area contributed by atoms with E-state index in [0.29, 0.717) is 0 Å². The SMILES string of the molecule is Cc1nc2ccc(-c3ccc(-c4cccc(NC(=O)C5CCNCC5)c4)cc3)cc2[nH]1. The van der Waals surface area contributed by atoms with Crippen molar-refractivity contribution in [2.45, 2.75) is 19.8 Å². The Balaban J connectivity index is 1.34. The molecule has 3 aromatic carbocycles. The van der Waals surface area contributed by atoms with Crippen molar-refractivity contribution in [1.29, 1.82) is 0 Å². The number of hydrogen-bond donors (Lipinski definition) is 3. The van der Waals surface area contributed by atoms with Gasteiger partial charge in [-0.1, -0.05) is 42.5 Å². The second kappa shape index (κ2) is 8.36. The van der Waals surface area contributed by atoms with Crippen LogP contribution in [0.15, 0.2) is 66.7 Å². The Morgan fingerprint density at radius 1 is 0.903 bits per heavy atom.